The zero-order chi connectivity index (χ0) is 16.7. The first-order valence-electron chi connectivity index (χ1n) is 7.27. The lowest BCUT2D eigenvalue weighted by atomic mass is 10.2. The van der Waals surface area contributed by atoms with Crippen molar-refractivity contribution < 1.29 is 4.79 Å². The Kier molecular flexibility index (Phi) is 3.35. The zero-order valence-corrected chi connectivity index (χ0v) is 13.5. The van der Waals surface area contributed by atoms with Crippen molar-refractivity contribution in [2.45, 2.75) is 6.92 Å². The molecule has 4 rings (SSSR count). The second-order valence-corrected chi connectivity index (χ2v) is 6.33. The molecule has 0 radical (unpaired) electrons. The van der Waals surface area contributed by atoms with Crippen molar-refractivity contribution in [3.05, 3.63) is 70.3 Å². The van der Waals surface area contributed by atoms with Crippen LogP contribution in [0.4, 0.5) is 5.13 Å². The average Bonchev–Trinajstić information content (AvgIpc) is 2.99. The number of aromatic nitrogens is 3. The predicted molar refractivity (Wildman–Crippen MR) is 93.8 cm³/mol. The number of benzene rings is 1. The first-order valence-corrected chi connectivity index (χ1v) is 8.09. The Morgan fingerprint density at radius 3 is 2.92 bits per heavy atom. The van der Waals surface area contributed by atoms with E-state index >= 15 is 0 Å². The van der Waals surface area contributed by atoms with Gasteiger partial charge in [-0.05, 0) is 30.7 Å². The Hall–Kier alpha value is -3.06. The van der Waals surface area contributed by atoms with Gasteiger partial charge in [0.15, 0.2) is 5.13 Å². The molecule has 0 bridgehead atoms. The van der Waals surface area contributed by atoms with Gasteiger partial charge in [-0.25, -0.2) is 9.97 Å². The third kappa shape index (κ3) is 2.35. The number of carbonyl (C=O) groups is 1. The smallest absolute Gasteiger partial charge is 0.270 e. The second-order valence-electron chi connectivity index (χ2n) is 5.30. The maximum atomic E-state index is 12.4. The molecule has 1 aromatic carbocycles. The molecule has 1 N–H and O–H groups in total. The SMILES string of the molecule is Cc1cccc2sc(NC(=O)c3cnc4ccccn4c3=O)nc12. The van der Waals surface area contributed by atoms with Gasteiger partial charge in [-0.3, -0.25) is 19.3 Å². The van der Waals surface area contributed by atoms with E-state index in [1.54, 1.807) is 24.4 Å². The maximum absolute atomic E-state index is 12.4. The Morgan fingerprint density at radius 2 is 2.08 bits per heavy atom. The number of para-hydroxylation sites is 1. The van der Waals surface area contributed by atoms with Crippen LogP contribution in [-0.4, -0.2) is 20.3 Å². The standard InChI is InChI=1S/C17H12N4O2S/c1-10-5-4-6-12-14(10)19-17(24-12)20-15(22)11-9-18-13-7-2-3-8-21(13)16(11)23/h2-9H,1H3,(H,19,20,22). The van der Waals surface area contributed by atoms with E-state index in [4.69, 9.17) is 0 Å². The predicted octanol–water partition coefficient (Wildman–Crippen LogP) is 2.86. The molecule has 0 fully saturated rings. The third-order valence-electron chi connectivity index (χ3n) is 3.70. The summed E-state index contributed by atoms with van der Waals surface area (Å²) in [6.45, 7) is 1.97. The Balaban J connectivity index is 1.72. The van der Waals surface area contributed by atoms with E-state index in [1.165, 1.54) is 21.9 Å². The highest BCUT2D eigenvalue weighted by Crippen LogP contribution is 2.27. The minimum absolute atomic E-state index is 0.0188. The molecule has 3 aromatic heterocycles. The van der Waals surface area contributed by atoms with Crippen LogP contribution in [0.1, 0.15) is 15.9 Å². The number of anilines is 1. The van der Waals surface area contributed by atoms with Crippen molar-refractivity contribution in [2.75, 3.05) is 5.32 Å². The van der Waals surface area contributed by atoms with Crippen molar-refractivity contribution in [3.63, 3.8) is 0 Å². The lowest BCUT2D eigenvalue weighted by Gasteiger charge is -2.03. The van der Waals surface area contributed by atoms with Crippen LogP contribution < -0.4 is 10.9 Å². The Labute approximate surface area is 140 Å². The Morgan fingerprint density at radius 1 is 1.21 bits per heavy atom. The molecule has 1 amide bonds. The highest BCUT2D eigenvalue weighted by Gasteiger charge is 2.15. The van der Waals surface area contributed by atoms with Crippen LogP contribution in [0.25, 0.3) is 15.9 Å². The monoisotopic (exact) mass is 336 g/mol. The van der Waals surface area contributed by atoms with E-state index in [0.29, 0.717) is 10.8 Å². The van der Waals surface area contributed by atoms with Crippen LogP contribution in [0, 0.1) is 6.92 Å². The van der Waals surface area contributed by atoms with Crippen molar-refractivity contribution in [1.82, 2.24) is 14.4 Å². The summed E-state index contributed by atoms with van der Waals surface area (Å²) < 4.78 is 2.33. The molecule has 0 aliphatic rings. The molecule has 4 aromatic rings. The van der Waals surface area contributed by atoms with E-state index in [9.17, 15) is 9.59 Å². The summed E-state index contributed by atoms with van der Waals surface area (Å²) in [7, 11) is 0. The average molecular weight is 336 g/mol. The fraction of sp³-hybridized carbons (Fsp3) is 0.0588. The molecule has 0 aliphatic carbocycles. The zero-order valence-electron chi connectivity index (χ0n) is 12.7. The summed E-state index contributed by atoms with van der Waals surface area (Å²) in [6, 6.07) is 11.1. The van der Waals surface area contributed by atoms with Crippen LogP contribution in [-0.2, 0) is 0 Å². The molecular formula is C17H12N4O2S. The van der Waals surface area contributed by atoms with Crippen molar-refractivity contribution >= 4 is 38.2 Å². The number of fused-ring (bicyclic) bond motifs is 2. The molecule has 24 heavy (non-hydrogen) atoms. The number of hydrogen-bond donors (Lipinski definition) is 1. The van der Waals surface area contributed by atoms with Gasteiger partial charge in [-0.15, -0.1) is 0 Å². The topological polar surface area (TPSA) is 76.4 Å². The van der Waals surface area contributed by atoms with Crippen LogP contribution in [0.15, 0.2) is 53.6 Å². The molecule has 0 saturated carbocycles. The largest absolute Gasteiger partial charge is 0.298 e. The van der Waals surface area contributed by atoms with Crippen molar-refractivity contribution in [1.29, 1.82) is 0 Å². The lowest BCUT2D eigenvalue weighted by Crippen LogP contribution is -2.26. The Bertz CT molecular complexity index is 1150. The molecular weight excluding hydrogens is 324 g/mol. The molecule has 7 heteroatoms. The maximum Gasteiger partial charge on any atom is 0.270 e. The summed E-state index contributed by atoms with van der Waals surface area (Å²) in [5, 5.41) is 3.16. The first-order chi connectivity index (χ1) is 11.6. The number of aryl methyl sites for hydroxylation is 1. The fourth-order valence-corrected chi connectivity index (χ4v) is 3.43. The second kappa shape index (κ2) is 5.54. The lowest BCUT2D eigenvalue weighted by molar-refractivity contribution is 0.102. The summed E-state index contributed by atoms with van der Waals surface area (Å²) in [6.07, 6.45) is 2.88. The number of nitrogens with one attached hydrogen (secondary N) is 1. The number of rotatable bonds is 2. The van der Waals surface area contributed by atoms with Crippen LogP contribution in [0.5, 0.6) is 0 Å². The van der Waals surface area contributed by atoms with Gasteiger partial charge >= 0.3 is 0 Å². The summed E-state index contributed by atoms with van der Waals surface area (Å²) in [5.41, 5.74) is 1.96. The number of carbonyl (C=O) groups excluding carboxylic acids is 1. The van der Waals surface area contributed by atoms with E-state index in [-0.39, 0.29) is 5.56 Å². The minimum Gasteiger partial charge on any atom is -0.298 e. The van der Waals surface area contributed by atoms with E-state index in [2.05, 4.69) is 15.3 Å². The number of amides is 1. The molecule has 6 nitrogen and oxygen atoms in total. The van der Waals surface area contributed by atoms with Crippen molar-refractivity contribution in [2.24, 2.45) is 0 Å². The molecule has 0 spiro atoms. The fourth-order valence-electron chi connectivity index (χ4n) is 2.49. The molecule has 3 heterocycles. The third-order valence-corrected chi connectivity index (χ3v) is 4.64. The van der Waals surface area contributed by atoms with Gasteiger partial charge in [0.2, 0.25) is 0 Å². The van der Waals surface area contributed by atoms with Crippen molar-refractivity contribution in [3.8, 4) is 0 Å². The summed E-state index contributed by atoms with van der Waals surface area (Å²) >= 11 is 1.37. The van der Waals surface area contributed by atoms with Gasteiger partial charge in [0.1, 0.15) is 11.2 Å². The van der Waals surface area contributed by atoms with Crippen LogP contribution in [0.3, 0.4) is 0 Å². The minimum atomic E-state index is -0.512. The molecule has 0 saturated heterocycles. The number of nitrogens with zero attached hydrogens (tertiary/aromatic N) is 3. The van der Waals surface area contributed by atoms with E-state index < -0.39 is 11.5 Å². The van der Waals surface area contributed by atoms with Gasteiger partial charge in [0.05, 0.1) is 10.2 Å². The highest BCUT2D eigenvalue weighted by molar-refractivity contribution is 7.22. The van der Waals surface area contributed by atoms with E-state index in [0.717, 1.165) is 15.8 Å². The van der Waals surface area contributed by atoms with Gasteiger partial charge in [0, 0.05) is 12.4 Å². The molecule has 0 unspecified atom stereocenters. The van der Waals surface area contributed by atoms with Gasteiger partial charge in [-0.1, -0.05) is 29.5 Å². The summed E-state index contributed by atoms with van der Waals surface area (Å²) in [4.78, 5) is 33.4. The molecule has 118 valence electrons. The van der Waals surface area contributed by atoms with E-state index in [1.807, 2.05) is 25.1 Å². The normalized spacial score (nSPS) is 11.0. The van der Waals surface area contributed by atoms with Gasteiger partial charge in [-0.2, -0.15) is 0 Å². The quantitative estimate of drug-likeness (QED) is 0.611. The van der Waals surface area contributed by atoms with Gasteiger partial charge < -0.3 is 0 Å². The van der Waals surface area contributed by atoms with Crippen LogP contribution >= 0.6 is 11.3 Å². The summed E-state index contributed by atoms with van der Waals surface area (Å²) in [5.74, 6) is -0.512. The molecule has 0 atom stereocenters. The highest BCUT2D eigenvalue weighted by atomic mass is 32.1. The number of pyridine rings is 1. The molecule has 0 aliphatic heterocycles. The van der Waals surface area contributed by atoms with Crippen LogP contribution in [0.2, 0.25) is 0 Å². The number of hydrogen-bond acceptors (Lipinski definition) is 5. The first kappa shape index (κ1) is 14.5. The number of thiazole rings is 1. The van der Waals surface area contributed by atoms with Gasteiger partial charge in [0.25, 0.3) is 11.5 Å².